The van der Waals surface area contributed by atoms with Crippen molar-refractivity contribution in [3.63, 3.8) is 0 Å². The summed E-state index contributed by atoms with van der Waals surface area (Å²) in [7, 11) is -3.97. The first-order valence-corrected chi connectivity index (χ1v) is 9.94. The number of carbonyl (C=O) groups is 1. The molecule has 2 aromatic rings. The maximum atomic E-state index is 12.2. The molecule has 0 unspecified atom stereocenters. The highest BCUT2D eigenvalue weighted by atomic mass is 32.2. The summed E-state index contributed by atoms with van der Waals surface area (Å²) in [5, 5.41) is 8.97. The second-order valence-electron chi connectivity index (χ2n) is 4.94. The van der Waals surface area contributed by atoms with Gasteiger partial charge < -0.3 is 4.74 Å². The molecule has 0 saturated heterocycles. The number of nitriles is 1. The van der Waals surface area contributed by atoms with E-state index in [9.17, 15) is 13.2 Å². The number of carbonyl (C=O) groups excluding carboxylic acids is 1. The first kappa shape index (κ1) is 19.0. The second-order valence-corrected chi connectivity index (χ2v) is 7.56. The van der Waals surface area contributed by atoms with Gasteiger partial charge in [0.05, 0.1) is 10.5 Å². The third kappa shape index (κ3) is 5.32. The molecule has 0 aliphatic carbocycles. The minimum absolute atomic E-state index is 0.0113. The van der Waals surface area contributed by atoms with Crippen LogP contribution in [0.5, 0.6) is 0 Å². The molecule has 0 aliphatic heterocycles. The monoisotopic (exact) mass is 376 g/mol. The molecule has 0 bridgehead atoms. The largest absolute Gasteiger partial charge is 0.460 e. The molecule has 25 heavy (non-hydrogen) atoms. The highest BCUT2D eigenvalue weighted by Gasteiger charge is 2.19. The van der Waals surface area contributed by atoms with Crippen LogP contribution in [-0.4, -0.2) is 27.2 Å². The Labute approximate surface area is 150 Å². The Balaban J connectivity index is 1.91. The van der Waals surface area contributed by atoms with Gasteiger partial charge in [0.2, 0.25) is 10.0 Å². The van der Waals surface area contributed by atoms with Gasteiger partial charge in [-0.05, 0) is 36.1 Å². The van der Waals surface area contributed by atoms with E-state index >= 15 is 0 Å². The Kier molecular flexibility index (Phi) is 6.58. The zero-order valence-electron chi connectivity index (χ0n) is 13.4. The quantitative estimate of drug-likeness (QED) is 0.588. The number of nitrogens with one attached hydrogen (secondary N) is 1. The molecular formula is C17H16N2O4S2. The standard InChI is InChI=1S/C17H16N2O4S2/c1-24-15-8-6-13(7-9-15)12-23-17(20)11-19-25(21,22)16-5-3-2-4-14(16)10-18/h2-9,19H,11-12H2,1H3. The van der Waals surface area contributed by atoms with E-state index in [0.29, 0.717) is 0 Å². The van der Waals surface area contributed by atoms with E-state index in [0.717, 1.165) is 10.5 Å². The third-order valence-electron chi connectivity index (χ3n) is 3.26. The average Bonchev–Trinajstić information content (AvgIpc) is 2.65. The van der Waals surface area contributed by atoms with Crippen molar-refractivity contribution in [1.29, 1.82) is 5.26 Å². The number of nitrogens with zero attached hydrogens (tertiary/aromatic N) is 1. The predicted molar refractivity (Wildman–Crippen MR) is 94.4 cm³/mol. The molecular weight excluding hydrogens is 360 g/mol. The molecule has 8 heteroatoms. The van der Waals surface area contributed by atoms with E-state index in [4.69, 9.17) is 10.00 Å². The van der Waals surface area contributed by atoms with E-state index in [2.05, 4.69) is 4.72 Å². The van der Waals surface area contributed by atoms with Crippen molar-refractivity contribution in [2.45, 2.75) is 16.4 Å². The van der Waals surface area contributed by atoms with Crippen LogP contribution in [-0.2, 0) is 26.2 Å². The summed E-state index contributed by atoms with van der Waals surface area (Å²) >= 11 is 1.61. The Morgan fingerprint density at radius 2 is 1.88 bits per heavy atom. The van der Waals surface area contributed by atoms with Crippen LogP contribution >= 0.6 is 11.8 Å². The van der Waals surface area contributed by atoms with Gasteiger partial charge in [-0.2, -0.15) is 9.98 Å². The van der Waals surface area contributed by atoms with Crippen molar-refractivity contribution in [1.82, 2.24) is 4.72 Å². The van der Waals surface area contributed by atoms with Gasteiger partial charge in [-0.3, -0.25) is 4.79 Å². The zero-order chi connectivity index (χ0) is 18.3. The van der Waals surface area contributed by atoms with Crippen LogP contribution in [0.2, 0.25) is 0 Å². The van der Waals surface area contributed by atoms with Crippen LogP contribution in [0.1, 0.15) is 11.1 Å². The Morgan fingerprint density at radius 1 is 1.20 bits per heavy atom. The van der Waals surface area contributed by atoms with E-state index in [1.165, 1.54) is 18.2 Å². The number of benzene rings is 2. The van der Waals surface area contributed by atoms with Crippen LogP contribution < -0.4 is 4.72 Å². The second kappa shape index (κ2) is 8.67. The lowest BCUT2D eigenvalue weighted by atomic mass is 10.2. The number of sulfonamides is 1. The summed E-state index contributed by atoms with van der Waals surface area (Å²) < 4.78 is 31.6. The van der Waals surface area contributed by atoms with Gasteiger partial charge in [-0.1, -0.05) is 24.3 Å². The van der Waals surface area contributed by atoms with E-state index in [1.807, 2.05) is 36.6 Å². The lowest BCUT2D eigenvalue weighted by Crippen LogP contribution is -2.31. The highest BCUT2D eigenvalue weighted by Crippen LogP contribution is 2.16. The fourth-order valence-corrected chi connectivity index (χ4v) is 3.49. The molecule has 0 atom stereocenters. The van der Waals surface area contributed by atoms with E-state index in [-0.39, 0.29) is 17.1 Å². The first-order chi connectivity index (χ1) is 12.0. The minimum Gasteiger partial charge on any atom is -0.460 e. The van der Waals surface area contributed by atoms with Crippen molar-refractivity contribution in [3.05, 3.63) is 59.7 Å². The van der Waals surface area contributed by atoms with E-state index < -0.39 is 22.5 Å². The zero-order valence-corrected chi connectivity index (χ0v) is 15.1. The van der Waals surface area contributed by atoms with Gasteiger partial charge >= 0.3 is 5.97 Å². The predicted octanol–water partition coefficient (Wildman–Crippen LogP) is 2.30. The maximum absolute atomic E-state index is 12.2. The smallest absolute Gasteiger partial charge is 0.321 e. The van der Waals surface area contributed by atoms with Crippen LogP contribution in [0.15, 0.2) is 58.3 Å². The summed E-state index contributed by atoms with van der Waals surface area (Å²) in [4.78, 5) is 12.7. The lowest BCUT2D eigenvalue weighted by molar-refractivity contribution is -0.143. The van der Waals surface area contributed by atoms with Gasteiger partial charge in [-0.15, -0.1) is 11.8 Å². The van der Waals surface area contributed by atoms with Gasteiger partial charge in [-0.25, -0.2) is 8.42 Å². The van der Waals surface area contributed by atoms with Gasteiger partial charge in [0.25, 0.3) is 0 Å². The molecule has 6 nitrogen and oxygen atoms in total. The van der Waals surface area contributed by atoms with Crippen LogP contribution in [0.25, 0.3) is 0 Å². The number of esters is 1. The van der Waals surface area contributed by atoms with Crippen molar-refractivity contribution in [2.24, 2.45) is 0 Å². The molecule has 0 amide bonds. The Morgan fingerprint density at radius 3 is 2.52 bits per heavy atom. The number of thioether (sulfide) groups is 1. The van der Waals surface area contributed by atoms with Gasteiger partial charge in [0.15, 0.2) is 0 Å². The minimum atomic E-state index is -3.97. The fourth-order valence-electron chi connectivity index (χ4n) is 1.96. The van der Waals surface area contributed by atoms with Crippen LogP contribution in [0, 0.1) is 11.3 Å². The summed E-state index contributed by atoms with van der Waals surface area (Å²) in [6.07, 6.45) is 1.96. The van der Waals surface area contributed by atoms with Crippen molar-refractivity contribution < 1.29 is 17.9 Å². The number of hydrogen-bond donors (Lipinski definition) is 1. The number of ether oxygens (including phenoxy) is 1. The molecule has 0 heterocycles. The average molecular weight is 376 g/mol. The summed E-state index contributed by atoms with van der Waals surface area (Å²) in [5.74, 6) is -0.702. The number of rotatable bonds is 7. The summed E-state index contributed by atoms with van der Waals surface area (Å²) in [6, 6.07) is 15.1. The van der Waals surface area contributed by atoms with Crippen molar-refractivity contribution >= 4 is 27.8 Å². The molecule has 1 N–H and O–H groups in total. The van der Waals surface area contributed by atoms with Crippen molar-refractivity contribution in [3.8, 4) is 6.07 Å². The topological polar surface area (TPSA) is 96.3 Å². The fraction of sp³-hybridized carbons (Fsp3) is 0.176. The molecule has 130 valence electrons. The molecule has 0 saturated carbocycles. The maximum Gasteiger partial charge on any atom is 0.321 e. The number of hydrogen-bond acceptors (Lipinski definition) is 6. The molecule has 2 aromatic carbocycles. The van der Waals surface area contributed by atoms with E-state index in [1.54, 1.807) is 17.8 Å². The SMILES string of the molecule is CSc1ccc(COC(=O)CNS(=O)(=O)c2ccccc2C#N)cc1. The molecule has 0 aliphatic rings. The Bertz CT molecular complexity index is 888. The third-order valence-corrected chi connectivity index (χ3v) is 5.47. The highest BCUT2D eigenvalue weighted by molar-refractivity contribution is 7.98. The normalized spacial score (nSPS) is 10.9. The van der Waals surface area contributed by atoms with Crippen molar-refractivity contribution in [2.75, 3.05) is 12.8 Å². The van der Waals surface area contributed by atoms with Crippen LogP contribution in [0.3, 0.4) is 0 Å². The molecule has 0 fully saturated rings. The molecule has 0 aromatic heterocycles. The summed E-state index contributed by atoms with van der Waals surface area (Å²) in [5.41, 5.74) is 0.820. The first-order valence-electron chi connectivity index (χ1n) is 7.23. The molecule has 2 rings (SSSR count). The van der Waals surface area contributed by atoms with Crippen LogP contribution in [0.4, 0.5) is 0 Å². The van der Waals surface area contributed by atoms with Gasteiger partial charge in [0, 0.05) is 4.90 Å². The Hall–Kier alpha value is -2.34. The van der Waals surface area contributed by atoms with Gasteiger partial charge in [0.1, 0.15) is 19.2 Å². The molecule has 0 radical (unpaired) electrons. The lowest BCUT2D eigenvalue weighted by Gasteiger charge is -2.09. The summed E-state index contributed by atoms with van der Waals surface area (Å²) in [6.45, 7) is -0.449. The molecule has 0 spiro atoms.